The lowest BCUT2D eigenvalue weighted by Gasteiger charge is -2.32. The maximum atomic E-state index is 14.0. The van der Waals surface area contributed by atoms with Gasteiger partial charge in [0.1, 0.15) is 43.7 Å². The van der Waals surface area contributed by atoms with Gasteiger partial charge in [0.15, 0.2) is 11.4 Å². The summed E-state index contributed by atoms with van der Waals surface area (Å²) in [5.74, 6) is -0.947. The molecule has 36 heteroatoms. The number of hydrogen-bond acceptors (Lipinski definition) is 22. The Labute approximate surface area is 660 Å². The van der Waals surface area contributed by atoms with Crippen molar-refractivity contribution >= 4 is 121 Å². The number of fused-ring (bicyclic) bond motifs is 4. The van der Waals surface area contributed by atoms with Gasteiger partial charge in [-0.2, -0.15) is 33.7 Å². The van der Waals surface area contributed by atoms with Crippen LogP contribution in [0.25, 0.3) is 10.8 Å². The second-order valence-electron chi connectivity index (χ2n) is 30.8. The molecule has 0 spiro atoms. The van der Waals surface area contributed by atoms with Crippen molar-refractivity contribution in [2.24, 2.45) is 44.9 Å². The van der Waals surface area contributed by atoms with E-state index in [1.807, 2.05) is 55.4 Å². The lowest BCUT2D eigenvalue weighted by Crippen LogP contribution is -2.44. The molecule has 0 saturated heterocycles. The number of allylic oxidation sites excluding steroid dienone is 10. The van der Waals surface area contributed by atoms with E-state index in [0.717, 1.165) is 9.80 Å². The third-order valence-electron chi connectivity index (χ3n) is 21.5. The summed E-state index contributed by atoms with van der Waals surface area (Å²) in [5, 5.41) is 6.18. The molecule has 6 amide bonds. The van der Waals surface area contributed by atoms with Crippen molar-refractivity contribution in [1.29, 1.82) is 0 Å². The SMILES string of the molecule is C[n+]1cc(S(=O)(=O)O)cc2c1N=C(/C=C/C=C1\N=C3C(=CC(S(=O)(=O)O)=CN3CCCC(=O)NCCCOCCCN3C(=O)c4ccc5c6c(ccc(c46)C3=O)C(=O)N(CCCOCCCNC(=O)CCCN3C=C(S(=O)(=O)O)C=C4C3=N/C(=C/C=C/C3=Nc6c(cc(S(=O)(=O)O)c[n+]6C)C3(C)C)C4(C)C)C5=O)C1(C)C)C2(C)C. The fourth-order valence-corrected chi connectivity index (χ4v) is 17.1. The van der Waals surface area contributed by atoms with Crippen LogP contribution >= 0.6 is 0 Å². The van der Waals surface area contributed by atoms with Crippen molar-refractivity contribution in [3.63, 3.8) is 0 Å². The highest BCUT2D eigenvalue weighted by molar-refractivity contribution is 7.90. The molecule has 0 unspecified atom stereocenters. The molecule has 4 aromatic rings. The largest absolute Gasteiger partial charge is 0.381 e. The number of carbonyl (C=O) groups is 6. The van der Waals surface area contributed by atoms with Gasteiger partial charge >= 0.3 is 11.6 Å². The zero-order valence-corrected chi connectivity index (χ0v) is 67.8. The van der Waals surface area contributed by atoms with Crippen LogP contribution in [0.3, 0.4) is 0 Å². The molecule has 0 atom stereocenters. The number of aryl methyl sites for hydroxylation is 2. The van der Waals surface area contributed by atoms with E-state index >= 15 is 0 Å². The standard InChI is InChI=1S/C78H88N12O20S4/c1-75(2)55-39-47(111(97,98)99)43-85(9)67(55)81-59(75)19-11-21-61-77(5,6)57-41-49(113(103,104)105)45-87(69(57)83-61)31-13-23-63(91)79-29-15-35-109-37-17-33-89-71(93)51-25-27-53-66-54(28-26-52(65(51)66)72(89)94)74(96)90(73(53)95)34-18-38-110-36-16-30-80-64(92)24-14-32-88-46-50(114(106,107)108)42-58-70(88)84-62(78(58,7)8)22-12-20-60-76(3,4)56-40-48(112(100,101)102)44-86(10)68(56)82-60/h11-12,19-22,25-28,39-46H,13-18,23-24,29-38H2,1-10H3,(H4-2,79,80,91,92,97,98,99,100,101,102,103,104,105,106,107,108)/p+2. The Balaban J connectivity index is 0.545. The van der Waals surface area contributed by atoms with Crippen LogP contribution in [0.5, 0.6) is 0 Å². The normalized spacial score (nSPS) is 19.3. The van der Waals surface area contributed by atoms with Crippen LogP contribution in [0.2, 0.25) is 0 Å². The van der Waals surface area contributed by atoms with Gasteiger partial charge in [-0.15, -0.1) is 0 Å². The Morgan fingerprint density at radius 3 is 1.15 bits per heavy atom. The van der Waals surface area contributed by atoms with Gasteiger partial charge in [0, 0.05) is 146 Å². The molecule has 114 heavy (non-hydrogen) atoms. The number of ether oxygens (including phenoxy) is 2. The lowest BCUT2D eigenvalue weighted by molar-refractivity contribution is -0.660. The summed E-state index contributed by atoms with van der Waals surface area (Å²) in [4.78, 5) is 105. The Kier molecular flexibility index (Phi) is 23.1. The molecule has 6 N–H and O–H groups in total. The summed E-state index contributed by atoms with van der Waals surface area (Å²) < 4.78 is 153. The van der Waals surface area contributed by atoms with Gasteiger partial charge < -0.3 is 29.9 Å². The quantitative estimate of drug-likeness (QED) is 0.0120. The Morgan fingerprint density at radius 2 is 0.816 bits per heavy atom. The van der Waals surface area contributed by atoms with Crippen molar-refractivity contribution in [2.75, 3.05) is 65.7 Å². The number of imide groups is 2. The summed E-state index contributed by atoms with van der Waals surface area (Å²) in [6.45, 7) is 16.7. The van der Waals surface area contributed by atoms with Crippen LogP contribution < -0.4 is 19.8 Å². The summed E-state index contributed by atoms with van der Waals surface area (Å²) in [6, 6.07) is 8.75. The number of carbonyl (C=O) groups excluding carboxylic acids is 6. The van der Waals surface area contributed by atoms with Crippen molar-refractivity contribution in [3.8, 4) is 0 Å². The summed E-state index contributed by atoms with van der Waals surface area (Å²) in [7, 11) is -15.0. The molecule has 10 heterocycles. The molecule has 12 rings (SSSR count). The number of amides is 6. The summed E-state index contributed by atoms with van der Waals surface area (Å²) in [5.41, 5.74) is 2.11. The Bertz CT molecular complexity index is 5300. The third-order valence-corrected chi connectivity index (χ3v) is 24.8. The first-order valence-electron chi connectivity index (χ1n) is 37.0. The van der Waals surface area contributed by atoms with Crippen LogP contribution in [0.4, 0.5) is 11.6 Å². The number of aliphatic imine (C=N–C) groups is 4. The van der Waals surface area contributed by atoms with Crippen LogP contribution in [-0.2, 0) is 84.5 Å². The van der Waals surface area contributed by atoms with Gasteiger partial charge in [-0.3, -0.25) is 56.8 Å². The van der Waals surface area contributed by atoms with Crippen LogP contribution in [-0.4, -0.2) is 196 Å². The third kappa shape index (κ3) is 16.6. The van der Waals surface area contributed by atoms with Crippen molar-refractivity contribution in [1.82, 2.24) is 30.2 Å². The average molecular weight is 1640 g/mol. The van der Waals surface area contributed by atoms with Gasteiger partial charge in [-0.25, -0.2) is 19.1 Å². The van der Waals surface area contributed by atoms with E-state index in [1.165, 1.54) is 82.5 Å². The highest BCUT2D eigenvalue weighted by atomic mass is 32.2. The molecule has 0 radical (unpaired) electrons. The predicted octanol–water partition coefficient (Wildman–Crippen LogP) is 7.39. The fraction of sp³-hybridized carbons (Fsp3) is 0.410. The van der Waals surface area contributed by atoms with Crippen molar-refractivity contribution in [2.45, 2.75) is 127 Å². The van der Waals surface area contributed by atoms with Crippen molar-refractivity contribution in [3.05, 3.63) is 176 Å². The zero-order valence-electron chi connectivity index (χ0n) is 64.5. The van der Waals surface area contributed by atoms with Gasteiger partial charge in [0.25, 0.3) is 64.1 Å². The highest BCUT2D eigenvalue weighted by Gasteiger charge is 2.48. The van der Waals surface area contributed by atoms with E-state index in [1.54, 1.807) is 60.4 Å². The molecule has 0 fully saturated rings. The summed E-state index contributed by atoms with van der Waals surface area (Å²) in [6.07, 6.45) is 20.6. The van der Waals surface area contributed by atoms with E-state index < -0.39 is 85.8 Å². The number of hydrogen-bond donors (Lipinski definition) is 6. The summed E-state index contributed by atoms with van der Waals surface area (Å²) >= 11 is 0. The molecule has 8 aliphatic heterocycles. The highest BCUT2D eigenvalue weighted by Crippen LogP contribution is 2.49. The van der Waals surface area contributed by atoms with Crippen molar-refractivity contribution < 1.29 is 99.3 Å². The second-order valence-corrected chi connectivity index (χ2v) is 36.5. The Hall–Kier alpha value is -10.0. The maximum Gasteiger partial charge on any atom is 0.327 e. The number of nitrogens with zero attached hydrogens (tertiary/aromatic N) is 10. The molecule has 32 nitrogen and oxygen atoms in total. The first-order valence-corrected chi connectivity index (χ1v) is 42.7. The Morgan fingerprint density at radius 1 is 0.474 bits per heavy atom. The van der Waals surface area contributed by atoms with E-state index in [-0.39, 0.29) is 169 Å². The first kappa shape index (κ1) is 83.4. The zero-order chi connectivity index (χ0) is 82.7. The minimum absolute atomic E-state index is 0.0115. The van der Waals surface area contributed by atoms with E-state index in [2.05, 4.69) is 10.6 Å². The topological polar surface area (TPSA) is 433 Å². The molecule has 2 aromatic heterocycles. The number of amidine groups is 2. The van der Waals surface area contributed by atoms with Gasteiger partial charge in [-0.1, -0.05) is 39.8 Å². The molecule has 8 aliphatic rings. The number of pyridine rings is 2. The molecule has 0 bridgehead atoms. The molecular weight excluding hydrogens is 1550 g/mol. The van der Waals surface area contributed by atoms with E-state index in [4.69, 9.17) is 29.4 Å². The number of aromatic nitrogens is 2. The lowest BCUT2D eigenvalue weighted by atomic mass is 9.81. The fourth-order valence-electron chi connectivity index (χ4n) is 14.9. The van der Waals surface area contributed by atoms with E-state index in [0.29, 0.717) is 81.2 Å². The number of nitrogens with one attached hydrogen (secondary N) is 2. The molecular formula is C78H90N12O20S4+2. The monoisotopic (exact) mass is 1640 g/mol. The minimum atomic E-state index is -4.65. The molecule has 0 aliphatic carbocycles. The smallest absolute Gasteiger partial charge is 0.327 e. The van der Waals surface area contributed by atoms with Crippen LogP contribution in [0.15, 0.2) is 172 Å². The molecule has 604 valence electrons. The molecule has 2 aromatic carbocycles. The minimum Gasteiger partial charge on any atom is -0.381 e. The number of benzene rings is 2. The average Bonchev–Trinajstić information content (AvgIpc) is 1.04. The maximum absolute atomic E-state index is 14.0. The second kappa shape index (κ2) is 31.6. The van der Waals surface area contributed by atoms with E-state index in [9.17, 15) is 80.6 Å². The van der Waals surface area contributed by atoms with Gasteiger partial charge in [-0.05, 0) is 149 Å². The first-order chi connectivity index (χ1) is 53.4. The number of rotatable bonds is 32. The van der Waals surface area contributed by atoms with Gasteiger partial charge in [0.05, 0.1) is 47.4 Å². The predicted molar refractivity (Wildman–Crippen MR) is 420 cm³/mol. The molecule has 0 saturated carbocycles. The van der Waals surface area contributed by atoms with Crippen LogP contribution in [0.1, 0.15) is 159 Å². The van der Waals surface area contributed by atoms with Gasteiger partial charge in [0.2, 0.25) is 11.8 Å². The van der Waals surface area contributed by atoms with Crippen LogP contribution in [0, 0.1) is 10.8 Å².